The van der Waals surface area contributed by atoms with E-state index in [4.69, 9.17) is 0 Å². The van der Waals surface area contributed by atoms with Crippen molar-refractivity contribution in [3.63, 3.8) is 0 Å². The molecule has 1 amide bonds. The Morgan fingerprint density at radius 2 is 2.22 bits per heavy atom. The summed E-state index contributed by atoms with van der Waals surface area (Å²) < 4.78 is 0. The van der Waals surface area contributed by atoms with Crippen LogP contribution < -0.4 is 10.6 Å². The van der Waals surface area contributed by atoms with E-state index in [-0.39, 0.29) is 5.91 Å². The molecule has 1 rings (SSSR count). The van der Waals surface area contributed by atoms with Crippen LogP contribution in [0.4, 0.5) is 0 Å². The Bertz CT molecular complexity index is 325. The zero-order valence-electron chi connectivity index (χ0n) is 11.4. The van der Waals surface area contributed by atoms with Gasteiger partial charge in [0.05, 0.1) is 6.54 Å². The minimum absolute atomic E-state index is 0.0982. The number of carbonyl (C=O) groups excluding carboxylic acids is 1. The molecule has 0 aliphatic heterocycles. The molecule has 1 aromatic rings. The summed E-state index contributed by atoms with van der Waals surface area (Å²) in [6, 6.07) is 4.51. The van der Waals surface area contributed by atoms with E-state index in [0.717, 1.165) is 32.2 Å². The van der Waals surface area contributed by atoms with Gasteiger partial charge in [-0.05, 0) is 24.3 Å². The van der Waals surface area contributed by atoms with Gasteiger partial charge >= 0.3 is 0 Å². The molecule has 3 nitrogen and oxygen atoms in total. The lowest BCUT2D eigenvalue weighted by Gasteiger charge is -2.16. The molecule has 18 heavy (non-hydrogen) atoms. The van der Waals surface area contributed by atoms with E-state index in [1.165, 1.54) is 4.88 Å². The van der Waals surface area contributed by atoms with Crippen LogP contribution in [0.3, 0.4) is 0 Å². The summed E-state index contributed by atoms with van der Waals surface area (Å²) in [5, 5.41) is 8.36. The molecule has 0 fully saturated rings. The highest BCUT2D eigenvalue weighted by atomic mass is 32.1. The summed E-state index contributed by atoms with van der Waals surface area (Å²) in [6.45, 7) is 5.49. The minimum atomic E-state index is 0.0982. The van der Waals surface area contributed by atoms with Crippen molar-refractivity contribution in [2.24, 2.45) is 0 Å². The third kappa shape index (κ3) is 5.65. The van der Waals surface area contributed by atoms with Crippen LogP contribution in [0, 0.1) is 0 Å². The molecule has 4 heteroatoms. The molecule has 0 saturated heterocycles. The van der Waals surface area contributed by atoms with Crippen molar-refractivity contribution >= 4 is 17.2 Å². The summed E-state index contributed by atoms with van der Waals surface area (Å²) in [7, 11) is 0. The molecule has 0 radical (unpaired) electrons. The summed E-state index contributed by atoms with van der Waals surface area (Å²) in [4.78, 5) is 12.9. The molecule has 1 unspecified atom stereocenters. The Morgan fingerprint density at radius 3 is 2.83 bits per heavy atom. The van der Waals surface area contributed by atoms with Gasteiger partial charge in [-0.2, -0.15) is 0 Å². The maximum atomic E-state index is 11.6. The predicted octanol–water partition coefficient (Wildman–Crippen LogP) is 3.10. The first kappa shape index (κ1) is 15.2. The van der Waals surface area contributed by atoms with E-state index in [9.17, 15) is 4.79 Å². The first-order chi connectivity index (χ1) is 8.77. The van der Waals surface area contributed by atoms with Crippen LogP contribution in [-0.4, -0.2) is 19.0 Å². The molecule has 0 aromatic carbocycles. The van der Waals surface area contributed by atoms with Gasteiger partial charge in [0.1, 0.15) is 0 Å². The molecule has 0 saturated carbocycles. The number of hydrogen-bond acceptors (Lipinski definition) is 3. The Hall–Kier alpha value is -0.870. The van der Waals surface area contributed by atoms with Crippen LogP contribution in [0.2, 0.25) is 0 Å². The molecule has 0 aliphatic rings. The molecule has 102 valence electrons. The van der Waals surface area contributed by atoms with Crippen LogP contribution in [-0.2, 0) is 4.79 Å². The Kier molecular flexibility index (Phi) is 7.69. The predicted molar refractivity (Wildman–Crippen MR) is 77.9 cm³/mol. The van der Waals surface area contributed by atoms with Crippen molar-refractivity contribution in [1.29, 1.82) is 0 Å². The van der Waals surface area contributed by atoms with Gasteiger partial charge in [-0.15, -0.1) is 11.3 Å². The monoisotopic (exact) mass is 268 g/mol. The Balaban J connectivity index is 2.31. The van der Waals surface area contributed by atoms with Gasteiger partial charge in [-0.3, -0.25) is 4.79 Å². The molecule has 0 bridgehead atoms. The highest BCUT2D eigenvalue weighted by Gasteiger charge is 2.12. The average Bonchev–Trinajstić information content (AvgIpc) is 2.88. The number of thiophene rings is 1. The van der Waals surface area contributed by atoms with E-state index in [1.54, 1.807) is 11.3 Å². The molecular weight excluding hydrogens is 244 g/mol. The van der Waals surface area contributed by atoms with Gasteiger partial charge in [0.2, 0.25) is 5.91 Å². The summed E-state index contributed by atoms with van der Waals surface area (Å²) in [6.07, 6.45) is 4.35. The third-order valence-corrected chi connectivity index (χ3v) is 3.81. The maximum Gasteiger partial charge on any atom is 0.233 e. The van der Waals surface area contributed by atoms with Crippen molar-refractivity contribution in [1.82, 2.24) is 10.6 Å². The number of nitrogens with one attached hydrogen (secondary N) is 2. The van der Waals surface area contributed by atoms with E-state index in [0.29, 0.717) is 12.6 Å². The van der Waals surface area contributed by atoms with Crippen LogP contribution >= 0.6 is 11.3 Å². The lowest BCUT2D eigenvalue weighted by Crippen LogP contribution is -2.36. The van der Waals surface area contributed by atoms with Gasteiger partial charge in [-0.25, -0.2) is 0 Å². The second-order valence-electron chi connectivity index (χ2n) is 4.44. The lowest BCUT2D eigenvalue weighted by atomic mass is 10.1. The number of carbonyl (C=O) groups is 1. The van der Waals surface area contributed by atoms with Gasteiger partial charge in [0, 0.05) is 17.5 Å². The maximum absolute atomic E-state index is 11.6. The third-order valence-electron chi connectivity index (χ3n) is 2.83. The van der Waals surface area contributed by atoms with Crippen molar-refractivity contribution in [3.05, 3.63) is 22.4 Å². The highest BCUT2D eigenvalue weighted by Crippen LogP contribution is 2.22. The van der Waals surface area contributed by atoms with Crippen LogP contribution in [0.25, 0.3) is 0 Å². The van der Waals surface area contributed by atoms with Gasteiger partial charge < -0.3 is 10.6 Å². The van der Waals surface area contributed by atoms with E-state index < -0.39 is 0 Å². The molecule has 1 heterocycles. The van der Waals surface area contributed by atoms with Crippen molar-refractivity contribution in [3.8, 4) is 0 Å². The number of hydrogen-bond donors (Lipinski definition) is 2. The quantitative estimate of drug-likeness (QED) is 0.676. The van der Waals surface area contributed by atoms with E-state index >= 15 is 0 Å². The molecule has 1 atom stereocenters. The molecular formula is C14H24N2OS. The van der Waals surface area contributed by atoms with Crippen LogP contribution in [0.5, 0.6) is 0 Å². The van der Waals surface area contributed by atoms with Gasteiger partial charge in [0.15, 0.2) is 0 Å². The topological polar surface area (TPSA) is 41.1 Å². The largest absolute Gasteiger partial charge is 0.355 e. The minimum Gasteiger partial charge on any atom is -0.355 e. The number of rotatable bonds is 9. The summed E-state index contributed by atoms with van der Waals surface area (Å²) in [5.74, 6) is 0.0982. The number of unbranched alkanes of at least 4 members (excludes halogenated alkanes) is 1. The number of amides is 1. The first-order valence-corrected chi connectivity index (χ1v) is 7.69. The normalized spacial score (nSPS) is 12.3. The van der Waals surface area contributed by atoms with Crippen LogP contribution in [0.15, 0.2) is 17.5 Å². The van der Waals surface area contributed by atoms with Crippen molar-refractivity contribution < 1.29 is 4.79 Å². The first-order valence-electron chi connectivity index (χ1n) is 6.81. The zero-order chi connectivity index (χ0) is 13.2. The van der Waals surface area contributed by atoms with E-state index in [2.05, 4.69) is 42.0 Å². The smallest absolute Gasteiger partial charge is 0.233 e. The Morgan fingerprint density at radius 1 is 1.39 bits per heavy atom. The standard InChI is InChI=1S/C14H24N2OS/c1-3-5-9-15-14(17)11-16-12(7-4-2)13-8-6-10-18-13/h6,8,10,12,16H,3-5,7,9,11H2,1-2H3,(H,15,17). The van der Waals surface area contributed by atoms with Crippen molar-refractivity contribution in [2.45, 2.75) is 45.6 Å². The second-order valence-corrected chi connectivity index (χ2v) is 5.42. The lowest BCUT2D eigenvalue weighted by molar-refractivity contribution is -0.120. The molecule has 2 N–H and O–H groups in total. The fourth-order valence-electron chi connectivity index (χ4n) is 1.81. The Labute approximate surface area is 114 Å². The van der Waals surface area contributed by atoms with Crippen molar-refractivity contribution in [2.75, 3.05) is 13.1 Å². The SMILES string of the molecule is CCCCNC(=O)CNC(CCC)c1cccs1. The summed E-state index contributed by atoms with van der Waals surface area (Å²) >= 11 is 1.75. The fourth-order valence-corrected chi connectivity index (χ4v) is 2.64. The van der Waals surface area contributed by atoms with E-state index in [1.807, 2.05) is 0 Å². The molecule has 0 spiro atoms. The molecule has 1 aromatic heterocycles. The van der Waals surface area contributed by atoms with Gasteiger partial charge in [0.25, 0.3) is 0 Å². The van der Waals surface area contributed by atoms with Crippen LogP contribution in [0.1, 0.15) is 50.4 Å². The fraction of sp³-hybridized carbons (Fsp3) is 0.643. The molecule has 0 aliphatic carbocycles. The van der Waals surface area contributed by atoms with Gasteiger partial charge in [-0.1, -0.05) is 32.8 Å². The average molecular weight is 268 g/mol. The zero-order valence-corrected chi connectivity index (χ0v) is 12.2. The summed E-state index contributed by atoms with van der Waals surface area (Å²) in [5.41, 5.74) is 0. The highest BCUT2D eigenvalue weighted by molar-refractivity contribution is 7.10. The second kappa shape index (κ2) is 9.11.